The number of ether oxygens (including phenoxy) is 3. The van der Waals surface area contributed by atoms with Crippen molar-refractivity contribution in [3.63, 3.8) is 0 Å². The minimum atomic E-state index is -1.21. The highest BCUT2D eigenvalue weighted by Crippen LogP contribution is 2.30. The average molecular weight is 603 g/mol. The Bertz CT molecular complexity index is 1300. The van der Waals surface area contributed by atoms with Crippen molar-refractivity contribution < 1.29 is 36.6 Å². The molecule has 3 rings (SSSR count). The molecule has 3 aromatic carbocycles. The maximum absolute atomic E-state index is 14.9. The molecule has 0 bridgehead atoms. The Balaban J connectivity index is 1.53. The molecule has 43 heavy (non-hydrogen) atoms. The minimum absolute atomic E-state index is 0.102. The third-order valence-electron chi connectivity index (χ3n) is 7.11. The Hall–Kier alpha value is -3.55. The van der Waals surface area contributed by atoms with Gasteiger partial charge in [-0.3, -0.25) is 0 Å². The van der Waals surface area contributed by atoms with Crippen molar-refractivity contribution in [2.24, 2.45) is 0 Å². The first-order valence-corrected chi connectivity index (χ1v) is 15.3. The number of hydrogen-bond donors (Lipinski definition) is 0. The summed E-state index contributed by atoms with van der Waals surface area (Å²) >= 11 is 0. The first kappa shape index (κ1) is 33.9. The van der Waals surface area contributed by atoms with Gasteiger partial charge in [0.25, 0.3) is 0 Å². The SMILES string of the molecule is CCCCCCCCOc1ccc(-c2ccc(OC(=O)c3ccc(OC[C@H](F)CCCCCC)c(F)c3)cc2F)cc1F. The summed E-state index contributed by atoms with van der Waals surface area (Å²) < 4.78 is 74.1. The van der Waals surface area contributed by atoms with E-state index in [1.54, 1.807) is 6.07 Å². The van der Waals surface area contributed by atoms with Crippen LogP contribution in [0.1, 0.15) is 94.8 Å². The Morgan fingerprint density at radius 2 is 1.35 bits per heavy atom. The summed E-state index contributed by atoms with van der Waals surface area (Å²) in [6, 6.07) is 11.4. The number of carbonyl (C=O) groups is 1. The quantitative estimate of drug-likeness (QED) is 0.0593. The zero-order valence-corrected chi connectivity index (χ0v) is 25.1. The summed E-state index contributed by atoms with van der Waals surface area (Å²) in [6.07, 6.45) is 9.47. The molecule has 0 aliphatic rings. The second-order valence-electron chi connectivity index (χ2n) is 10.7. The molecule has 3 aromatic rings. The number of unbranched alkanes of at least 4 members (excludes halogenated alkanes) is 8. The van der Waals surface area contributed by atoms with Crippen LogP contribution in [0.2, 0.25) is 0 Å². The molecule has 8 heteroatoms. The predicted molar refractivity (Wildman–Crippen MR) is 161 cm³/mol. The third-order valence-corrected chi connectivity index (χ3v) is 7.11. The molecule has 0 fully saturated rings. The lowest BCUT2D eigenvalue weighted by Gasteiger charge is -2.12. The van der Waals surface area contributed by atoms with Crippen LogP contribution in [0.3, 0.4) is 0 Å². The largest absolute Gasteiger partial charge is 0.491 e. The molecule has 0 unspecified atom stereocenters. The zero-order valence-electron chi connectivity index (χ0n) is 25.1. The van der Waals surface area contributed by atoms with Gasteiger partial charge in [-0.25, -0.2) is 22.4 Å². The Kier molecular flexibility index (Phi) is 14.4. The zero-order chi connectivity index (χ0) is 31.0. The highest BCUT2D eigenvalue weighted by Gasteiger charge is 2.16. The lowest BCUT2D eigenvalue weighted by Crippen LogP contribution is -2.14. The highest BCUT2D eigenvalue weighted by atomic mass is 19.1. The summed E-state index contributed by atoms with van der Waals surface area (Å²) in [5.41, 5.74) is 0.295. The maximum Gasteiger partial charge on any atom is 0.343 e. The number of hydrogen-bond acceptors (Lipinski definition) is 4. The smallest absolute Gasteiger partial charge is 0.343 e. The van der Waals surface area contributed by atoms with Crippen LogP contribution < -0.4 is 14.2 Å². The van der Waals surface area contributed by atoms with Gasteiger partial charge in [0.2, 0.25) is 0 Å². The molecule has 1 atom stereocenters. The van der Waals surface area contributed by atoms with Crippen LogP contribution in [0.5, 0.6) is 17.2 Å². The molecular weight excluding hydrogens is 560 g/mol. The summed E-state index contributed by atoms with van der Waals surface area (Å²) in [6.45, 7) is 4.36. The molecule has 0 aliphatic heterocycles. The Morgan fingerprint density at radius 3 is 2.05 bits per heavy atom. The topological polar surface area (TPSA) is 44.8 Å². The minimum Gasteiger partial charge on any atom is -0.491 e. The molecule has 0 amide bonds. The second-order valence-corrected chi connectivity index (χ2v) is 10.7. The number of alkyl halides is 1. The summed E-state index contributed by atoms with van der Waals surface area (Å²) in [5, 5.41) is 0. The van der Waals surface area contributed by atoms with E-state index in [-0.39, 0.29) is 35.0 Å². The second kappa shape index (κ2) is 18.2. The number of carbonyl (C=O) groups excluding carboxylic acids is 1. The fourth-order valence-electron chi connectivity index (χ4n) is 4.61. The molecule has 0 N–H and O–H groups in total. The van der Waals surface area contributed by atoms with Gasteiger partial charge in [0.15, 0.2) is 23.1 Å². The number of esters is 1. The molecule has 0 saturated heterocycles. The average Bonchev–Trinajstić information content (AvgIpc) is 2.99. The Labute approximate surface area is 252 Å². The van der Waals surface area contributed by atoms with Crippen LogP contribution in [0.15, 0.2) is 54.6 Å². The summed E-state index contributed by atoms with van der Waals surface area (Å²) in [5.74, 6) is -3.23. The molecule has 234 valence electrons. The fraction of sp³-hybridized carbons (Fsp3) is 0.457. The van der Waals surface area contributed by atoms with Crippen molar-refractivity contribution in [3.8, 4) is 28.4 Å². The van der Waals surface area contributed by atoms with E-state index in [1.165, 1.54) is 55.7 Å². The normalized spacial score (nSPS) is 11.8. The van der Waals surface area contributed by atoms with Gasteiger partial charge in [-0.05, 0) is 60.9 Å². The van der Waals surface area contributed by atoms with Crippen LogP contribution in [0, 0.1) is 17.5 Å². The van der Waals surface area contributed by atoms with Crippen LogP contribution in [0.4, 0.5) is 17.6 Å². The first-order chi connectivity index (χ1) is 20.8. The maximum atomic E-state index is 14.9. The van der Waals surface area contributed by atoms with Gasteiger partial charge in [-0.2, -0.15) is 0 Å². The van der Waals surface area contributed by atoms with Crippen molar-refractivity contribution in [2.45, 2.75) is 90.6 Å². The van der Waals surface area contributed by atoms with Crippen LogP contribution in [0.25, 0.3) is 11.1 Å². The van der Waals surface area contributed by atoms with E-state index < -0.39 is 29.6 Å². The molecule has 0 spiro atoms. The highest BCUT2D eigenvalue weighted by molar-refractivity contribution is 5.91. The molecule has 0 aliphatic carbocycles. The van der Waals surface area contributed by atoms with Crippen molar-refractivity contribution >= 4 is 5.97 Å². The third kappa shape index (κ3) is 11.2. The fourth-order valence-corrected chi connectivity index (χ4v) is 4.61. The van der Waals surface area contributed by atoms with Gasteiger partial charge in [-0.15, -0.1) is 0 Å². The van der Waals surface area contributed by atoms with Crippen LogP contribution in [-0.2, 0) is 0 Å². The van der Waals surface area contributed by atoms with E-state index in [0.29, 0.717) is 18.6 Å². The molecule has 0 saturated carbocycles. The molecule has 0 heterocycles. The van der Waals surface area contributed by atoms with E-state index >= 15 is 0 Å². The van der Waals surface area contributed by atoms with E-state index in [9.17, 15) is 22.4 Å². The standard InChI is InChI=1S/C35H42F4O4/c1-3-5-7-9-10-12-20-41-33-18-14-25(21-31(33)38)29-17-16-28(23-30(29)37)43-35(40)26-15-19-34(32(39)22-26)42-24-27(36)13-11-8-6-4-2/h14-19,21-23,27H,3-13,20,24H2,1-2H3/t27-/m1/s1. The molecular formula is C35H42F4O4. The van der Waals surface area contributed by atoms with E-state index in [2.05, 4.69) is 13.8 Å². The van der Waals surface area contributed by atoms with Crippen molar-refractivity contribution in [2.75, 3.05) is 13.2 Å². The van der Waals surface area contributed by atoms with Crippen LogP contribution in [-0.4, -0.2) is 25.4 Å². The van der Waals surface area contributed by atoms with Gasteiger partial charge < -0.3 is 14.2 Å². The number of halogens is 4. The van der Waals surface area contributed by atoms with Gasteiger partial charge in [-0.1, -0.05) is 77.7 Å². The Morgan fingerprint density at radius 1 is 0.698 bits per heavy atom. The van der Waals surface area contributed by atoms with E-state index in [0.717, 1.165) is 57.1 Å². The van der Waals surface area contributed by atoms with E-state index in [1.807, 2.05) is 0 Å². The van der Waals surface area contributed by atoms with Crippen molar-refractivity contribution in [1.82, 2.24) is 0 Å². The predicted octanol–water partition coefficient (Wildman–Crippen LogP) is 10.4. The van der Waals surface area contributed by atoms with Crippen LogP contribution >= 0.6 is 0 Å². The number of rotatable bonds is 19. The number of benzene rings is 3. The molecule has 4 nitrogen and oxygen atoms in total. The molecule has 0 aromatic heterocycles. The lowest BCUT2D eigenvalue weighted by molar-refractivity contribution is 0.0733. The van der Waals surface area contributed by atoms with Gasteiger partial charge >= 0.3 is 5.97 Å². The van der Waals surface area contributed by atoms with Gasteiger partial charge in [0, 0.05) is 11.6 Å². The van der Waals surface area contributed by atoms with Crippen molar-refractivity contribution in [3.05, 3.63) is 77.6 Å². The van der Waals surface area contributed by atoms with Gasteiger partial charge in [0.05, 0.1) is 12.2 Å². The van der Waals surface area contributed by atoms with E-state index in [4.69, 9.17) is 14.2 Å². The lowest BCUT2D eigenvalue weighted by atomic mass is 10.0. The summed E-state index contributed by atoms with van der Waals surface area (Å²) in [7, 11) is 0. The monoisotopic (exact) mass is 602 g/mol. The van der Waals surface area contributed by atoms with Crippen molar-refractivity contribution in [1.29, 1.82) is 0 Å². The van der Waals surface area contributed by atoms with Gasteiger partial charge in [0.1, 0.15) is 24.3 Å². The molecule has 0 radical (unpaired) electrons. The first-order valence-electron chi connectivity index (χ1n) is 15.3. The summed E-state index contributed by atoms with van der Waals surface area (Å²) in [4.78, 5) is 12.6.